The van der Waals surface area contributed by atoms with E-state index in [0.29, 0.717) is 35.9 Å². The Morgan fingerprint density at radius 1 is 1.32 bits per heavy atom. The normalized spacial score (nSPS) is 16.6. The lowest BCUT2D eigenvalue weighted by atomic mass is 10.0. The maximum atomic E-state index is 12.3. The fourth-order valence-corrected chi connectivity index (χ4v) is 3.18. The number of carbonyl (C=O) groups excluding carboxylic acids is 2. The van der Waals surface area contributed by atoms with Crippen molar-refractivity contribution in [2.45, 2.75) is 47.1 Å². The van der Waals surface area contributed by atoms with Gasteiger partial charge in [-0.05, 0) is 52.3 Å². The summed E-state index contributed by atoms with van der Waals surface area (Å²) in [6.45, 7) is 9.42. The van der Waals surface area contributed by atoms with Crippen LogP contribution in [0.25, 0.3) is 0 Å². The highest BCUT2D eigenvalue weighted by Crippen LogP contribution is 2.29. The molecule has 2 aliphatic heterocycles. The number of aliphatic imine (C=N–C) groups is 1. The Bertz CT molecular complexity index is 1010. The number of hydrogen-bond donors (Lipinski definition) is 2. The van der Waals surface area contributed by atoms with Gasteiger partial charge in [0.15, 0.2) is 0 Å². The van der Waals surface area contributed by atoms with Crippen LogP contribution < -0.4 is 10.7 Å². The number of carbonyl (C=O) groups is 2. The van der Waals surface area contributed by atoms with Crippen LogP contribution in [0.3, 0.4) is 0 Å². The van der Waals surface area contributed by atoms with Crippen molar-refractivity contribution in [3.8, 4) is 0 Å². The molecule has 3 rings (SSSR count). The number of guanidine groups is 1. The van der Waals surface area contributed by atoms with Gasteiger partial charge < -0.3 is 9.47 Å². The van der Waals surface area contributed by atoms with Crippen molar-refractivity contribution >= 4 is 35.6 Å². The minimum absolute atomic E-state index is 0.220. The molecule has 9 nitrogen and oxygen atoms in total. The summed E-state index contributed by atoms with van der Waals surface area (Å²) >= 11 is 0. The van der Waals surface area contributed by atoms with Crippen molar-refractivity contribution in [1.29, 1.82) is 0 Å². The van der Waals surface area contributed by atoms with Crippen molar-refractivity contribution in [1.82, 2.24) is 10.3 Å². The van der Waals surface area contributed by atoms with Crippen molar-refractivity contribution in [2.24, 2.45) is 10.1 Å². The molecule has 0 aromatic heterocycles. The molecule has 0 saturated carbocycles. The van der Waals surface area contributed by atoms with E-state index < -0.39 is 6.09 Å². The summed E-state index contributed by atoms with van der Waals surface area (Å²) < 4.78 is 10.3. The first kappa shape index (κ1) is 22.1. The van der Waals surface area contributed by atoms with Gasteiger partial charge in [0.25, 0.3) is 0 Å². The third-order valence-corrected chi connectivity index (χ3v) is 4.67. The number of hydrazone groups is 1. The average Bonchev–Trinajstić information content (AvgIpc) is 2.70. The van der Waals surface area contributed by atoms with E-state index in [1.807, 2.05) is 30.9 Å². The van der Waals surface area contributed by atoms with Crippen LogP contribution in [0.4, 0.5) is 16.2 Å². The largest absolute Gasteiger partial charge is 0.463 e. The van der Waals surface area contributed by atoms with Crippen LogP contribution in [-0.4, -0.2) is 41.8 Å². The van der Waals surface area contributed by atoms with Crippen LogP contribution in [0, 0.1) is 6.92 Å². The lowest BCUT2D eigenvalue weighted by molar-refractivity contribution is -0.138. The molecule has 0 aliphatic carbocycles. The van der Waals surface area contributed by atoms with Crippen molar-refractivity contribution in [2.75, 3.05) is 11.9 Å². The van der Waals surface area contributed by atoms with Crippen LogP contribution >= 0.6 is 0 Å². The summed E-state index contributed by atoms with van der Waals surface area (Å²) in [6, 6.07) is 5.39. The third kappa shape index (κ3) is 5.11. The maximum absolute atomic E-state index is 12.3. The Morgan fingerprint density at radius 2 is 2.10 bits per heavy atom. The van der Waals surface area contributed by atoms with Crippen molar-refractivity contribution < 1.29 is 19.1 Å². The molecule has 2 N–H and O–H groups in total. The van der Waals surface area contributed by atoms with E-state index in [0.717, 1.165) is 17.0 Å². The minimum Gasteiger partial charge on any atom is -0.463 e. The first-order valence-electron chi connectivity index (χ1n) is 10.1. The number of fused-ring (bicyclic) bond motifs is 1. The van der Waals surface area contributed by atoms with E-state index in [4.69, 9.17) is 14.5 Å². The fourth-order valence-electron chi connectivity index (χ4n) is 3.18. The third-order valence-electron chi connectivity index (χ3n) is 4.67. The lowest BCUT2D eigenvalue weighted by Gasteiger charge is -2.33. The molecule has 0 bridgehead atoms. The van der Waals surface area contributed by atoms with Gasteiger partial charge in [-0.25, -0.2) is 20.0 Å². The second kappa shape index (κ2) is 9.46. The van der Waals surface area contributed by atoms with E-state index in [1.54, 1.807) is 39.1 Å². The number of nitrogens with one attached hydrogen (secondary N) is 2. The summed E-state index contributed by atoms with van der Waals surface area (Å²) in [4.78, 5) is 30.8. The van der Waals surface area contributed by atoms with Gasteiger partial charge in [-0.1, -0.05) is 12.1 Å². The molecule has 0 radical (unpaired) electrons. The van der Waals surface area contributed by atoms with Crippen LogP contribution in [0.1, 0.15) is 39.7 Å². The Kier molecular flexibility index (Phi) is 6.74. The summed E-state index contributed by atoms with van der Waals surface area (Å²) in [5.74, 6) is 0.0981. The van der Waals surface area contributed by atoms with Gasteiger partial charge in [-0.2, -0.15) is 5.10 Å². The first-order valence-corrected chi connectivity index (χ1v) is 10.1. The highest BCUT2D eigenvalue weighted by atomic mass is 16.6. The minimum atomic E-state index is -0.531. The topological polar surface area (TPSA) is 105 Å². The molecular weight excluding hydrogens is 398 g/mol. The molecule has 0 spiro atoms. The molecule has 1 aromatic rings. The van der Waals surface area contributed by atoms with Gasteiger partial charge in [-0.3, -0.25) is 10.2 Å². The smallest absolute Gasteiger partial charge is 0.411 e. The van der Waals surface area contributed by atoms with Crippen LogP contribution in [0.2, 0.25) is 0 Å². The Balaban J connectivity index is 1.93. The zero-order valence-corrected chi connectivity index (χ0v) is 18.4. The van der Waals surface area contributed by atoms with Crippen molar-refractivity contribution in [3.63, 3.8) is 0 Å². The Morgan fingerprint density at radius 3 is 2.81 bits per heavy atom. The number of rotatable bonds is 5. The predicted octanol–water partition coefficient (Wildman–Crippen LogP) is 3.96. The Labute approximate surface area is 181 Å². The molecule has 31 heavy (non-hydrogen) atoms. The molecule has 0 unspecified atom stereocenters. The van der Waals surface area contributed by atoms with E-state index in [2.05, 4.69) is 15.8 Å². The van der Waals surface area contributed by atoms with Gasteiger partial charge >= 0.3 is 12.1 Å². The molecule has 2 aliphatic rings. The number of benzene rings is 1. The highest BCUT2D eigenvalue weighted by Gasteiger charge is 2.29. The number of esters is 1. The number of nitrogens with zero attached hydrogens (tertiary/aromatic N) is 3. The maximum Gasteiger partial charge on any atom is 0.411 e. The molecule has 9 heteroatoms. The van der Waals surface area contributed by atoms with Crippen molar-refractivity contribution in [3.05, 3.63) is 46.8 Å². The second-order valence-electron chi connectivity index (χ2n) is 7.34. The summed E-state index contributed by atoms with van der Waals surface area (Å²) in [6.07, 6.45) is 3.30. The predicted molar refractivity (Wildman–Crippen MR) is 119 cm³/mol. The highest BCUT2D eigenvalue weighted by molar-refractivity contribution is 5.99. The molecule has 0 saturated heterocycles. The number of anilines is 1. The number of allylic oxidation sites excluding steroid dienone is 3. The van der Waals surface area contributed by atoms with Gasteiger partial charge in [-0.15, -0.1) is 0 Å². The quantitative estimate of drug-likeness (QED) is 0.692. The second-order valence-corrected chi connectivity index (χ2v) is 7.34. The number of amides is 1. The van der Waals surface area contributed by atoms with Gasteiger partial charge in [0.2, 0.25) is 5.96 Å². The zero-order valence-electron chi connectivity index (χ0n) is 18.4. The van der Waals surface area contributed by atoms with E-state index in [9.17, 15) is 9.59 Å². The van der Waals surface area contributed by atoms with Crippen LogP contribution in [-0.2, 0) is 14.3 Å². The molecule has 1 amide bonds. The molecule has 2 heterocycles. The molecule has 164 valence electrons. The summed E-state index contributed by atoms with van der Waals surface area (Å²) in [7, 11) is 0. The SMILES string of the molecule is CCOC(=O)C1=C(C)N2C(=CC1)C=NNC2=Nc1cc(NC(=O)OC(C)C)ccc1C. The number of ether oxygens (including phenoxy) is 2. The van der Waals surface area contributed by atoms with Gasteiger partial charge in [0.05, 0.1) is 35.9 Å². The van der Waals surface area contributed by atoms with E-state index >= 15 is 0 Å². The molecular formula is C22H27N5O4. The zero-order chi connectivity index (χ0) is 22.5. The molecule has 0 atom stereocenters. The van der Waals surface area contributed by atoms with E-state index in [1.165, 1.54) is 0 Å². The van der Waals surface area contributed by atoms with E-state index in [-0.39, 0.29) is 12.1 Å². The first-order chi connectivity index (χ1) is 14.8. The monoisotopic (exact) mass is 425 g/mol. The standard InChI is InChI=1S/C22H27N5O4/c1-6-30-20(28)18-10-9-17-12-23-26-21(27(17)15(18)5)25-19-11-16(8-7-14(19)4)24-22(29)31-13(2)3/h7-9,11-13H,6,10H2,1-5H3,(H,24,29)(H,25,26). The summed E-state index contributed by atoms with van der Waals surface area (Å²) in [5.41, 5.74) is 7.11. The number of hydrogen-bond acceptors (Lipinski definition) is 6. The Hall–Kier alpha value is -3.62. The molecule has 0 fully saturated rings. The van der Waals surface area contributed by atoms with Crippen LogP contribution in [0.15, 0.2) is 51.3 Å². The van der Waals surface area contributed by atoms with Crippen LogP contribution in [0.5, 0.6) is 0 Å². The number of aryl methyl sites for hydroxylation is 1. The van der Waals surface area contributed by atoms with Gasteiger partial charge in [0.1, 0.15) is 0 Å². The fraction of sp³-hybridized carbons (Fsp3) is 0.364. The van der Waals surface area contributed by atoms with Gasteiger partial charge in [0, 0.05) is 17.8 Å². The molecule has 1 aromatic carbocycles. The average molecular weight is 425 g/mol. The lowest BCUT2D eigenvalue weighted by Crippen LogP contribution is -2.43. The summed E-state index contributed by atoms with van der Waals surface area (Å²) in [5, 5.41) is 6.87.